The highest BCUT2D eigenvalue weighted by molar-refractivity contribution is 7.14. The van der Waals surface area contributed by atoms with Gasteiger partial charge in [0.1, 0.15) is 0 Å². The van der Waals surface area contributed by atoms with Crippen molar-refractivity contribution < 1.29 is 4.79 Å². The van der Waals surface area contributed by atoms with E-state index in [1.165, 1.54) is 16.0 Å². The van der Waals surface area contributed by atoms with Gasteiger partial charge in [-0.2, -0.15) is 0 Å². The minimum absolute atomic E-state index is 0.196. The molecule has 4 nitrogen and oxygen atoms in total. The van der Waals surface area contributed by atoms with Gasteiger partial charge in [0.2, 0.25) is 0 Å². The van der Waals surface area contributed by atoms with Crippen molar-refractivity contribution in [3.05, 3.63) is 51.5 Å². The van der Waals surface area contributed by atoms with Crippen molar-refractivity contribution in [1.29, 1.82) is 0 Å². The smallest absolute Gasteiger partial charge is 0.264 e. The highest BCUT2D eigenvalue weighted by atomic mass is 32.1. The van der Waals surface area contributed by atoms with Crippen LogP contribution in [0.1, 0.15) is 32.6 Å². The second kappa shape index (κ2) is 7.23. The Bertz CT molecular complexity index is 660. The summed E-state index contributed by atoms with van der Waals surface area (Å²) in [6.45, 7) is 8.65. The van der Waals surface area contributed by atoms with E-state index in [0.717, 1.165) is 44.0 Å². The maximum Gasteiger partial charge on any atom is 0.264 e. The van der Waals surface area contributed by atoms with E-state index in [0.29, 0.717) is 0 Å². The summed E-state index contributed by atoms with van der Waals surface area (Å²) >= 11 is 1.63. The first-order chi connectivity index (χ1) is 11.2. The number of hydrogen-bond donors (Lipinski definition) is 0. The topological polar surface area (TPSA) is 36.4 Å². The van der Waals surface area contributed by atoms with Gasteiger partial charge in [0.25, 0.3) is 5.91 Å². The van der Waals surface area contributed by atoms with Crippen LogP contribution in [0.25, 0.3) is 0 Å². The van der Waals surface area contributed by atoms with Crippen molar-refractivity contribution in [2.75, 3.05) is 26.2 Å². The number of aromatic nitrogens is 1. The van der Waals surface area contributed by atoms with Gasteiger partial charge < -0.3 is 4.90 Å². The number of thiophene rings is 1. The molecule has 0 radical (unpaired) electrons. The van der Waals surface area contributed by atoms with Crippen LogP contribution < -0.4 is 0 Å². The van der Waals surface area contributed by atoms with Crippen LogP contribution in [-0.4, -0.2) is 46.9 Å². The van der Waals surface area contributed by atoms with E-state index in [1.807, 2.05) is 17.3 Å². The molecule has 0 aliphatic carbocycles. The van der Waals surface area contributed by atoms with E-state index in [-0.39, 0.29) is 5.91 Å². The lowest BCUT2D eigenvalue weighted by Crippen LogP contribution is -2.48. The molecule has 0 saturated carbocycles. The molecule has 0 bridgehead atoms. The molecule has 2 aromatic rings. The quantitative estimate of drug-likeness (QED) is 0.865. The molecule has 0 aromatic carbocycles. The fourth-order valence-electron chi connectivity index (χ4n) is 2.99. The van der Waals surface area contributed by atoms with Crippen LogP contribution >= 0.6 is 11.3 Å². The second-order valence-corrected chi connectivity index (χ2v) is 7.23. The van der Waals surface area contributed by atoms with Crippen molar-refractivity contribution in [2.24, 2.45) is 0 Å². The zero-order chi connectivity index (χ0) is 16.2. The number of carbonyl (C=O) groups excluding carboxylic acids is 1. The second-order valence-electron chi connectivity index (χ2n) is 5.97. The molecule has 5 heteroatoms. The van der Waals surface area contributed by atoms with E-state index >= 15 is 0 Å². The van der Waals surface area contributed by atoms with E-state index in [4.69, 9.17) is 0 Å². The van der Waals surface area contributed by atoms with Crippen LogP contribution in [0.2, 0.25) is 0 Å². The Kier molecular flexibility index (Phi) is 5.08. The average molecular weight is 329 g/mol. The molecule has 1 amide bonds. The first-order valence-electron chi connectivity index (χ1n) is 8.17. The molecule has 3 rings (SSSR count). The summed E-state index contributed by atoms with van der Waals surface area (Å²) in [5.41, 5.74) is 2.58. The summed E-state index contributed by atoms with van der Waals surface area (Å²) < 4.78 is 0. The maximum atomic E-state index is 12.7. The van der Waals surface area contributed by atoms with Crippen molar-refractivity contribution in [2.45, 2.75) is 26.8 Å². The monoisotopic (exact) mass is 329 g/mol. The Balaban J connectivity index is 1.56. The molecule has 0 unspecified atom stereocenters. The summed E-state index contributed by atoms with van der Waals surface area (Å²) in [5.74, 6) is 0.196. The van der Waals surface area contributed by atoms with Crippen molar-refractivity contribution in [3.8, 4) is 0 Å². The van der Waals surface area contributed by atoms with Crippen LogP contribution in [0.4, 0.5) is 0 Å². The summed E-state index contributed by atoms with van der Waals surface area (Å²) in [4.78, 5) is 23.3. The average Bonchev–Trinajstić information content (AvgIpc) is 2.97. The molecule has 2 aromatic heterocycles. The fraction of sp³-hybridized carbons (Fsp3) is 0.444. The van der Waals surface area contributed by atoms with Crippen LogP contribution in [-0.2, 0) is 13.0 Å². The molecule has 23 heavy (non-hydrogen) atoms. The summed E-state index contributed by atoms with van der Waals surface area (Å²) in [6, 6.07) is 6.18. The number of nitrogens with zero attached hydrogens (tertiary/aromatic N) is 3. The molecular weight excluding hydrogens is 306 g/mol. The van der Waals surface area contributed by atoms with Crippen LogP contribution in [0, 0.1) is 6.92 Å². The Labute approximate surface area is 141 Å². The predicted octanol–water partition coefficient (Wildman–Crippen LogP) is 2.97. The summed E-state index contributed by atoms with van der Waals surface area (Å²) in [7, 11) is 0. The maximum absolute atomic E-state index is 12.7. The van der Waals surface area contributed by atoms with Gasteiger partial charge in [-0.05, 0) is 42.7 Å². The minimum Gasteiger partial charge on any atom is -0.335 e. The van der Waals surface area contributed by atoms with Crippen molar-refractivity contribution >= 4 is 17.2 Å². The standard InChI is InChI=1S/C18H23N3OS/c1-3-16-12-17(23-14(16)2)18(22)21-10-8-20(9-11-21)13-15-4-6-19-7-5-15/h4-7,12H,3,8-11,13H2,1-2H3. The molecular formula is C18H23N3OS. The number of pyridine rings is 1. The Morgan fingerprint density at radius 3 is 2.52 bits per heavy atom. The van der Waals surface area contributed by atoms with Gasteiger partial charge in [-0.3, -0.25) is 14.7 Å². The molecule has 1 aliphatic rings. The van der Waals surface area contributed by atoms with Gasteiger partial charge >= 0.3 is 0 Å². The first-order valence-corrected chi connectivity index (χ1v) is 8.99. The van der Waals surface area contributed by atoms with Gasteiger partial charge in [-0.25, -0.2) is 0 Å². The highest BCUT2D eigenvalue weighted by Crippen LogP contribution is 2.24. The number of aryl methyl sites for hydroxylation is 2. The van der Waals surface area contributed by atoms with Gasteiger partial charge in [-0.15, -0.1) is 11.3 Å². The third kappa shape index (κ3) is 3.79. The zero-order valence-electron chi connectivity index (χ0n) is 13.8. The van der Waals surface area contributed by atoms with Crippen molar-refractivity contribution in [1.82, 2.24) is 14.8 Å². The number of rotatable bonds is 4. The van der Waals surface area contributed by atoms with Crippen molar-refractivity contribution in [3.63, 3.8) is 0 Å². The van der Waals surface area contributed by atoms with E-state index in [9.17, 15) is 4.79 Å². The molecule has 1 saturated heterocycles. The lowest BCUT2D eigenvalue weighted by molar-refractivity contribution is 0.0633. The number of carbonyl (C=O) groups is 1. The van der Waals surface area contributed by atoms with Gasteiger partial charge in [-0.1, -0.05) is 6.92 Å². The van der Waals surface area contributed by atoms with Crippen LogP contribution in [0.3, 0.4) is 0 Å². The third-order valence-corrected chi connectivity index (χ3v) is 5.51. The predicted molar refractivity (Wildman–Crippen MR) is 93.9 cm³/mol. The first kappa shape index (κ1) is 16.1. The Morgan fingerprint density at radius 1 is 1.22 bits per heavy atom. The molecule has 1 aliphatic heterocycles. The number of hydrogen-bond acceptors (Lipinski definition) is 4. The number of amides is 1. The zero-order valence-corrected chi connectivity index (χ0v) is 14.6. The molecule has 0 atom stereocenters. The minimum atomic E-state index is 0.196. The van der Waals surface area contributed by atoms with Crippen LogP contribution in [0.15, 0.2) is 30.6 Å². The molecule has 0 N–H and O–H groups in total. The van der Waals surface area contributed by atoms with E-state index in [1.54, 1.807) is 11.3 Å². The Morgan fingerprint density at radius 2 is 1.91 bits per heavy atom. The van der Waals surface area contributed by atoms with Gasteiger partial charge in [0, 0.05) is 50.0 Å². The third-order valence-electron chi connectivity index (χ3n) is 4.43. The Hall–Kier alpha value is -1.72. The number of piperazine rings is 1. The van der Waals surface area contributed by atoms with E-state index < -0.39 is 0 Å². The lowest BCUT2D eigenvalue weighted by atomic mass is 10.2. The van der Waals surface area contributed by atoms with Gasteiger partial charge in [0.05, 0.1) is 4.88 Å². The normalized spacial score (nSPS) is 15.8. The molecule has 3 heterocycles. The molecule has 0 spiro atoms. The molecule has 1 fully saturated rings. The van der Waals surface area contributed by atoms with E-state index in [2.05, 4.69) is 41.9 Å². The summed E-state index contributed by atoms with van der Waals surface area (Å²) in [5, 5.41) is 0. The largest absolute Gasteiger partial charge is 0.335 e. The van der Waals surface area contributed by atoms with Crippen LogP contribution in [0.5, 0.6) is 0 Å². The lowest BCUT2D eigenvalue weighted by Gasteiger charge is -2.34. The van der Waals surface area contributed by atoms with Gasteiger partial charge in [0.15, 0.2) is 0 Å². The SMILES string of the molecule is CCc1cc(C(=O)N2CCN(Cc3ccncc3)CC2)sc1C. The molecule has 122 valence electrons. The highest BCUT2D eigenvalue weighted by Gasteiger charge is 2.23. The summed E-state index contributed by atoms with van der Waals surface area (Å²) in [6.07, 6.45) is 4.66. The fourth-order valence-corrected chi connectivity index (χ4v) is 4.07.